The molecule has 1 aromatic heterocycles. The molecule has 0 amide bonds. The van der Waals surface area contributed by atoms with Crippen molar-refractivity contribution in [2.45, 2.75) is 0 Å². The highest BCUT2D eigenvalue weighted by Gasteiger charge is 1.93. The van der Waals surface area contributed by atoms with Crippen LogP contribution in [0.15, 0.2) is 12.8 Å². The van der Waals surface area contributed by atoms with Gasteiger partial charge in [0.2, 0.25) is 17.8 Å². The third kappa shape index (κ3) is 5.29. The van der Waals surface area contributed by atoms with Crippen molar-refractivity contribution in [3.05, 3.63) is 12.8 Å². The SMILES string of the molecule is C=COC=O.Nc1nc(N)nc(N)n1. The fourth-order valence-corrected chi connectivity index (χ4v) is 0.466. The number of rotatable bonds is 2. The molecule has 8 heteroatoms. The van der Waals surface area contributed by atoms with Gasteiger partial charge in [-0.25, -0.2) is 0 Å². The maximum atomic E-state index is 9.11. The number of aromatic nitrogens is 3. The molecule has 0 spiro atoms. The van der Waals surface area contributed by atoms with Crippen LogP contribution in [-0.2, 0) is 9.53 Å². The van der Waals surface area contributed by atoms with Gasteiger partial charge in [-0.2, -0.15) is 15.0 Å². The number of hydrogen-bond donors (Lipinski definition) is 3. The van der Waals surface area contributed by atoms with E-state index in [1.165, 1.54) is 0 Å². The second-order valence-electron chi connectivity index (χ2n) is 1.81. The number of nitrogens with two attached hydrogens (primary N) is 3. The summed E-state index contributed by atoms with van der Waals surface area (Å²) in [6.07, 6.45) is 1.06. The predicted octanol–water partition coefficient (Wildman–Crippen LogP) is -1.08. The molecule has 6 N–H and O–H groups in total. The van der Waals surface area contributed by atoms with Crippen LogP contribution < -0.4 is 17.2 Å². The van der Waals surface area contributed by atoms with E-state index in [2.05, 4.69) is 26.3 Å². The Labute approximate surface area is 79.8 Å². The molecule has 0 aliphatic heterocycles. The summed E-state index contributed by atoms with van der Waals surface area (Å²) in [5.74, 6) is 0.125. The van der Waals surface area contributed by atoms with E-state index in [9.17, 15) is 0 Å². The van der Waals surface area contributed by atoms with Crippen LogP contribution in [0, 0.1) is 0 Å². The third-order valence-electron chi connectivity index (χ3n) is 0.839. The monoisotopic (exact) mass is 198 g/mol. The zero-order valence-electron chi connectivity index (χ0n) is 7.25. The Morgan fingerprint density at radius 2 is 1.43 bits per heavy atom. The lowest BCUT2D eigenvalue weighted by molar-refractivity contribution is -0.123. The molecule has 0 atom stereocenters. The summed E-state index contributed by atoms with van der Waals surface area (Å²) in [6, 6.07) is 0. The van der Waals surface area contributed by atoms with Crippen LogP contribution >= 0.6 is 0 Å². The Balaban J connectivity index is 0.000000292. The van der Waals surface area contributed by atoms with Crippen LogP contribution in [0.1, 0.15) is 0 Å². The van der Waals surface area contributed by atoms with Gasteiger partial charge in [-0.15, -0.1) is 0 Å². The van der Waals surface area contributed by atoms with Crippen LogP contribution in [0.2, 0.25) is 0 Å². The van der Waals surface area contributed by atoms with Crippen molar-refractivity contribution in [2.75, 3.05) is 17.2 Å². The number of ether oxygens (including phenoxy) is 1. The van der Waals surface area contributed by atoms with Gasteiger partial charge in [0, 0.05) is 0 Å². The molecule has 14 heavy (non-hydrogen) atoms. The summed E-state index contributed by atoms with van der Waals surface area (Å²) in [5.41, 5.74) is 15.4. The topological polar surface area (TPSA) is 143 Å². The van der Waals surface area contributed by atoms with Gasteiger partial charge in [-0.1, -0.05) is 6.58 Å². The van der Waals surface area contributed by atoms with Gasteiger partial charge < -0.3 is 21.9 Å². The lowest BCUT2D eigenvalue weighted by atomic mass is 10.9. The lowest BCUT2D eigenvalue weighted by Gasteiger charge is -1.93. The maximum Gasteiger partial charge on any atom is 0.297 e. The van der Waals surface area contributed by atoms with Crippen LogP contribution in [0.4, 0.5) is 17.8 Å². The minimum absolute atomic E-state index is 0.0417. The first-order chi connectivity index (χ1) is 6.60. The smallest absolute Gasteiger partial charge is 0.297 e. The molecule has 0 radical (unpaired) electrons. The molecule has 0 aliphatic carbocycles. The van der Waals surface area contributed by atoms with E-state index in [1.54, 1.807) is 0 Å². The highest BCUT2D eigenvalue weighted by Crippen LogP contribution is 1.97. The Bertz CT molecular complexity index is 259. The molecular formula is C6H10N6O2. The molecular weight excluding hydrogens is 188 g/mol. The zero-order valence-corrected chi connectivity index (χ0v) is 7.25. The number of hydrogen-bond acceptors (Lipinski definition) is 8. The fraction of sp³-hybridized carbons (Fsp3) is 0. The summed E-state index contributed by atoms with van der Waals surface area (Å²) in [7, 11) is 0. The fourth-order valence-electron chi connectivity index (χ4n) is 0.466. The van der Waals surface area contributed by atoms with Gasteiger partial charge in [-0.3, -0.25) is 4.79 Å². The minimum Gasteiger partial charge on any atom is -0.437 e. The van der Waals surface area contributed by atoms with Crippen LogP contribution in [-0.4, -0.2) is 21.4 Å². The first kappa shape index (κ1) is 11.6. The normalized spacial score (nSPS) is 8.00. The number of anilines is 3. The summed E-state index contributed by atoms with van der Waals surface area (Å²) in [5, 5.41) is 0. The number of carbonyl (C=O) groups is 1. The first-order valence-electron chi connectivity index (χ1n) is 3.32. The molecule has 0 fully saturated rings. The summed E-state index contributed by atoms with van der Waals surface area (Å²) in [6.45, 7) is 3.41. The van der Waals surface area contributed by atoms with Crippen LogP contribution in [0.5, 0.6) is 0 Å². The zero-order chi connectivity index (χ0) is 11.0. The van der Waals surface area contributed by atoms with Gasteiger partial charge in [0.25, 0.3) is 6.47 Å². The average molecular weight is 198 g/mol. The molecule has 0 aromatic carbocycles. The van der Waals surface area contributed by atoms with Crippen molar-refractivity contribution in [1.82, 2.24) is 15.0 Å². The molecule has 0 aliphatic rings. The number of carbonyl (C=O) groups excluding carboxylic acids is 1. The Kier molecular flexibility index (Phi) is 5.12. The second-order valence-corrected chi connectivity index (χ2v) is 1.81. The summed E-state index contributed by atoms with van der Waals surface area (Å²) >= 11 is 0. The molecule has 0 unspecified atom stereocenters. The van der Waals surface area contributed by atoms with Crippen molar-refractivity contribution in [3.63, 3.8) is 0 Å². The third-order valence-corrected chi connectivity index (χ3v) is 0.839. The number of nitrogens with zero attached hydrogens (tertiary/aromatic N) is 3. The standard InChI is InChI=1S/C3H6N6.C3H4O2/c4-1-7-2(5)9-3(6)8-1;1-2-5-3-4/h(H6,4,5,6,7,8,9);2-3H,1H2. The molecule has 1 rings (SSSR count). The van der Waals surface area contributed by atoms with E-state index < -0.39 is 0 Å². The van der Waals surface area contributed by atoms with Crippen molar-refractivity contribution in [3.8, 4) is 0 Å². The van der Waals surface area contributed by atoms with Gasteiger partial charge in [-0.05, 0) is 0 Å². The van der Waals surface area contributed by atoms with Crippen LogP contribution in [0.3, 0.4) is 0 Å². The van der Waals surface area contributed by atoms with Gasteiger partial charge in [0.1, 0.15) is 0 Å². The van der Waals surface area contributed by atoms with Crippen LogP contribution in [0.25, 0.3) is 0 Å². The molecule has 1 aromatic rings. The van der Waals surface area contributed by atoms with Crippen molar-refractivity contribution in [2.24, 2.45) is 0 Å². The second kappa shape index (κ2) is 6.17. The molecule has 1 heterocycles. The molecule has 76 valence electrons. The van der Waals surface area contributed by atoms with Gasteiger partial charge in [0.15, 0.2) is 0 Å². The average Bonchev–Trinajstić information content (AvgIpc) is 2.03. The van der Waals surface area contributed by atoms with Gasteiger partial charge in [0.05, 0.1) is 6.26 Å². The largest absolute Gasteiger partial charge is 0.437 e. The highest BCUT2D eigenvalue weighted by molar-refractivity contribution is 5.37. The minimum atomic E-state index is 0.0417. The van der Waals surface area contributed by atoms with E-state index in [-0.39, 0.29) is 17.8 Å². The molecule has 0 saturated carbocycles. The quantitative estimate of drug-likeness (QED) is 0.402. The van der Waals surface area contributed by atoms with E-state index in [0.29, 0.717) is 6.47 Å². The molecule has 8 nitrogen and oxygen atoms in total. The highest BCUT2D eigenvalue weighted by atomic mass is 16.5. The van der Waals surface area contributed by atoms with E-state index in [4.69, 9.17) is 22.0 Å². The number of nitrogen functional groups attached to an aromatic ring is 3. The van der Waals surface area contributed by atoms with E-state index in [0.717, 1.165) is 6.26 Å². The Morgan fingerprint density at radius 3 is 1.57 bits per heavy atom. The van der Waals surface area contributed by atoms with Crippen molar-refractivity contribution >= 4 is 24.3 Å². The van der Waals surface area contributed by atoms with Gasteiger partial charge >= 0.3 is 0 Å². The van der Waals surface area contributed by atoms with Crippen molar-refractivity contribution in [1.29, 1.82) is 0 Å². The van der Waals surface area contributed by atoms with E-state index in [1.807, 2.05) is 0 Å². The Hall–Kier alpha value is -2.38. The first-order valence-corrected chi connectivity index (χ1v) is 3.32. The predicted molar refractivity (Wildman–Crippen MR) is 50.4 cm³/mol. The molecule has 0 saturated heterocycles. The Morgan fingerprint density at radius 1 is 1.07 bits per heavy atom. The van der Waals surface area contributed by atoms with Crippen molar-refractivity contribution < 1.29 is 9.53 Å². The summed E-state index contributed by atoms with van der Waals surface area (Å²) < 4.78 is 3.92. The summed E-state index contributed by atoms with van der Waals surface area (Å²) in [4.78, 5) is 19.6. The molecule has 0 bridgehead atoms. The lowest BCUT2D eigenvalue weighted by Crippen LogP contribution is -2.05. The van der Waals surface area contributed by atoms with E-state index >= 15 is 0 Å². The maximum absolute atomic E-state index is 9.11.